The quantitative estimate of drug-likeness (QED) is 0.738. The summed E-state index contributed by atoms with van der Waals surface area (Å²) in [7, 11) is 0. The van der Waals surface area contributed by atoms with Crippen molar-refractivity contribution in [1.29, 1.82) is 0 Å². The third-order valence-electron chi connectivity index (χ3n) is 2.84. The molecule has 2 aromatic carbocycles. The number of carbonyl (C=O) groups excluding carboxylic acids is 1. The highest BCUT2D eigenvalue weighted by Gasteiger charge is 2.12. The average Bonchev–Trinajstić information content (AvgIpc) is 2.84. The van der Waals surface area contributed by atoms with E-state index < -0.39 is 11.8 Å². The van der Waals surface area contributed by atoms with Crippen LogP contribution in [0.1, 0.15) is 0 Å². The molecule has 1 amide bonds. The minimum Gasteiger partial charge on any atom is -0.303 e. The van der Waals surface area contributed by atoms with Gasteiger partial charge >= 0.3 is 6.03 Å². The predicted octanol–water partition coefficient (Wildman–Crippen LogP) is 3.91. The first-order valence-corrected chi connectivity index (χ1v) is 6.22. The van der Waals surface area contributed by atoms with E-state index in [9.17, 15) is 9.18 Å². The number of hydrogen-bond acceptors (Lipinski definition) is 2. The molecular formula is C14H9ClFN3O. The van der Waals surface area contributed by atoms with Gasteiger partial charge in [-0.1, -0.05) is 23.7 Å². The van der Waals surface area contributed by atoms with Crippen molar-refractivity contribution >= 4 is 34.2 Å². The van der Waals surface area contributed by atoms with Gasteiger partial charge in [0.05, 0.1) is 17.4 Å². The van der Waals surface area contributed by atoms with Gasteiger partial charge < -0.3 is 5.32 Å². The summed E-state index contributed by atoms with van der Waals surface area (Å²) in [6, 6.07) is 10.5. The summed E-state index contributed by atoms with van der Waals surface area (Å²) in [5, 5.41) is 7.76. The highest BCUT2D eigenvalue weighted by molar-refractivity contribution is 6.31. The summed E-state index contributed by atoms with van der Waals surface area (Å²) in [6.07, 6.45) is 1.53. The number of amides is 1. The van der Waals surface area contributed by atoms with Gasteiger partial charge in [0.25, 0.3) is 0 Å². The van der Waals surface area contributed by atoms with E-state index in [1.165, 1.54) is 18.3 Å². The van der Waals surface area contributed by atoms with E-state index in [0.717, 1.165) is 10.1 Å². The molecular weight excluding hydrogens is 281 g/mol. The van der Waals surface area contributed by atoms with Gasteiger partial charge in [-0.25, -0.2) is 9.18 Å². The summed E-state index contributed by atoms with van der Waals surface area (Å²) in [5.41, 5.74) is 0.707. The summed E-state index contributed by atoms with van der Waals surface area (Å²) < 4.78 is 14.7. The molecule has 0 aliphatic carbocycles. The topological polar surface area (TPSA) is 46.9 Å². The lowest BCUT2D eigenvalue weighted by Crippen LogP contribution is -2.21. The molecule has 0 aliphatic heterocycles. The Hall–Kier alpha value is -2.40. The monoisotopic (exact) mass is 289 g/mol. The Balaban J connectivity index is 1.95. The minimum absolute atomic E-state index is 0.107. The van der Waals surface area contributed by atoms with Crippen LogP contribution in [0, 0.1) is 5.82 Å². The lowest BCUT2D eigenvalue weighted by atomic mass is 10.2. The third-order valence-corrected chi connectivity index (χ3v) is 3.07. The van der Waals surface area contributed by atoms with Crippen LogP contribution >= 0.6 is 11.6 Å². The van der Waals surface area contributed by atoms with Crippen LogP contribution in [-0.4, -0.2) is 15.8 Å². The van der Waals surface area contributed by atoms with E-state index in [0.29, 0.717) is 10.5 Å². The van der Waals surface area contributed by atoms with E-state index in [2.05, 4.69) is 10.4 Å². The lowest BCUT2D eigenvalue weighted by Gasteiger charge is -2.06. The van der Waals surface area contributed by atoms with Crippen LogP contribution in [-0.2, 0) is 0 Å². The van der Waals surface area contributed by atoms with E-state index in [1.54, 1.807) is 30.3 Å². The van der Waals surface area contributed by atoms with Gasteiger partial charge in [0.2, 0.25) is 0 Å². The van der Waals surface area contributed by atoms with Crippen molar-refractivity contribution in [1.82, 2.24) is 9.78 Å². The maximum Gasteiger partial charge on any atom is 0.347 e. The number of nitrogens with zero attached hydrogens (tertiary/aromatic N) is 2. The molecule has 20 heavy (non-hydrogen) atoms. The highest BCUT2D eigenvalue weighted by atomic mass is 35.5. The van der Waals surface area contributed by atoms with E-state index in [1.807, 2.05) is 0 Å². The molecule has 0 aliphatic rings. The molecule has 100 valence electrons. The van der Waals surface area contributed by atoms with Gasteiger partial charge in [-0.05, 0) is 30.3 Å². The number of aromatic nitrogens is 2. The number of anilines is 1. The van der Waals surface area contributed by atoms with Gasteiger partial charge in [-0.15, -0.1) is 0 Å². The zero-order valence-electron chi connectivity index (χ0n) is 10.2. The molecule has 0 bridgehead atoms. The van der Waals surface area contributed by atoms with Crippen LogP contribution < -0.4 is 5.32 Å². The molecule has 0 atom stereocenters. The summed E-state index contributed by atoms with van der Waals surface area (Å²) in [4.78, 5) is 12.1. The molecule has 6 heteroatoms. The second-order valence-corrected chi connectivity index (χ2v) is 4.61. The Labute approximate surface area is 118 Å². The molecule has 0 saturated heterocycles. The number of nitrogens with one attached hydrogen (secondary N) is 1. The number of benzene rings is 2. The van der Waals surface area contributed by atoms with Crippen molar-refractivity contribution in [3.63, 3.8) is 0 Å². The van der Waals surface area contributed by atoms with Gasteiger partial charge in [-0.3, -0.25) is 0 Å². The molecule has 0 saturated carbocycles. The largest absolute Gasteiger partial charge is 0.347 e. The molecule has 4 nitrogen and oxygen atoms in total. The molecule has 3 rings (SSSR count). The molecule has 1 N–H and O–H groups in total. The van der Waals surface area contributed by atoms with Gasteiger partial charge in [0, 0.05) is 10.4 Å². The normalized spacial score (nSPS) is 10.7. The van der Waals surface area contributed by atoms with Crippen LogP contribution in [0.15, 0.2) is 48.7 Å². The van der Waals surface area contributed by atoms with E-state index in [-0.39, 0.29) is 5.69 Å². The van der Waals surface area contributed by atoms with Crippen molar-refractivity contribution in [2.45, 2.75) is 0 Å². The van der Waals surface area contributed by atoms with Crippen molar-refractivity contribution in [2.24, 2.45) is 0 Å². The summed E-state index contributed by atoms with van der Waals surface area (Å²) in [5.74, 6) is -0.500. The number of hydrogen-bond donors (Lipinski definition) is 1. The van der Waals surface area contributed by atoms with Crippen LogP contribution in [0.3, 0.4) is 0 Å². The Morgan fingerprint density at radius 1 is 1.25 bits per heavy atom. The SMILES string of the molecule is O=C(Nc1ccccc1F)n1ncc2cc(Cl)ccc21. The summed E-state index contributed by atoms with van der Waals surface area (Å²) >= 11 is 5.87. The average molecular weight is 290 g/mol. The second kappa shape index (κ2) is 4.94. The Bertz CT molecular complexity index is 800. The fourth-order valence-corrected chi connectivity index (χ4v) is 2.08. The molecule has 0 unspecified atom stereocenters. The smallest absolute Gasteiger partial charge is 0.303 e. The third kappa shape index (κ3) is 2.23. The fourth-order valence-electron chi connectivity index (χ4n) is 1.90. The number of fused-ring (bicyclic) bond motifs is 1. The second-order valence-electron chi connectivity index (χ2n) is 4.17. The maximum atomic E-state index is 13.5. The van der Waals surface area contributed by atoms with Gasteiger partial charge in [0.1, 0.15) is 5.82 Å². The van der Waals surface area contributed by atoms with Gasteiger partial charge in [-0.2, -0.15) is 9.78 Å². The molecule has 1 aromatic heterocycles. The maximum absolute atomic E-state index is 13.5. The standard InChI is InChI=1S/C14H9ClFN3O/c15-10-5-6-13-9(7-10)8-17-19(13)14(20)18-12-4-2-1-3-11(12)16/h1-8H,(H,18,20). The highest BCUT2D eigenvalue weighted by Crippen LogP contribution is 2.19. The number of carbonyl (C=O) groups is 1. The van der Waals surface area contributed by atoms with E-state index in [4.69, 9.17) is 11.6 Å². The first-order chi connectivity index (χ1) is 9.65. The Morgan fingerprint density at radius 2 is 2.05 bits per heavy atom. The van der Waals surface area contributed by atoms with Gasteiger partial charge in [0.15, 0.2) is 0 Å². The van der Waals surface area contributed by atoms with Crippen molar-refractivity contribution in [2.75, 3.05) is 5.32 Å². The van der Waals surface area contributed by atoms with Crippen LogP contribution in [0.2, 0.25) is 5.02 Å². The molecule has 0 fully saturated rings. The first-order valence-electron chi connectivity index (χ1n) is 5.84. The number of rotatable bonds is 1. The van der Waals surface area contributed by atoms with Crippen LogP contribution in [0.4, 0.5) is 14.9 Å². The van der Waals surface area contributed by atoms with E-state index >= 15 is 0 Å². The predicted molar refractivity (Wildman–Crippen MR) is 75.6 cm³/mol. The molecule has 0 radical (unpaired) electrons. The fraction of sp³-hybridized carbons (Fsp3) is 0. The first kappa shape index (κ1) is 12.6. The van der Waals surface area contributed by atoms with Crippen molar-refractivity contribution in [3.05, 3.63) is 59.5 Å². The van der Waals surface area contributed by atoms with Crippen LogP contribution in [0.5, 0.6) is 0 Å². The zero-order valence-corrected chi connectivity index (χ0v) is 10.9. The number of halogens is 2. The van der Waals surface area contributed by atoms with Crippen molar-refractivity contribution < 1.29 is 9.18 Å². The Morgan fingerprint density at radius 3 is 2.85 bits per heavy atom. The summed E-state index contributed by atoms with van der Waals surface area (Å²) in [6.45, 7) is 0. The van der Waals surface area contributed by atoms with Crippen molar-refractivity contribution in [3.8, 4) is 0 Å². The van der Waals surface area contributed by atoms with Crippen LogP contribution in [0.25, 0.3) is 10.9 Å². The minimum atomic E-state index is -0.535. The lowest BCUT2D eigenvalue weighted by molar-refractivity contribution is 0.251. The Kier molecular flexibility index (Phi) is 3.12. The molecule has 1 heterocycles. The molecule has 0 spiro atoms. The molecule has 3 aromatic rings. The zero-order chi connectivity index (χ0) is 14.1. The number of para-hydroxylation sites is 1.